The van der Waals surface area contributed by atoms with E-state index in [1.54, 1.807) is 6.20 Å². The fourth-order valence-corrected chi connectivity index (χ4v) is 2.91. The zero-order chi connectivity index (χ0) is 15.8. The first kappa shape index (κ1) is 14.3. The number of rotatable bonds is 3. The topological polar surface area (TPSA) is 46.0 Å². The minimum absolute atomic E-state index is 0.647. The quantitative estimate of drug-likeness (QED) is 0.590. The molecule has 4 rings (SSSR count). The lowest BCUT2D eigenvalue weighted by Crippen LogP contribution is -1.98. The van der Waals surface area contributed by atoms with Gasteiger partial charge in [-0.15, -0.1) is 0 Å². The minimum atomic E-state index is 0.647. The van der Waals surface area contributed by atoms with Crippen LogP contribution in [0.2, 0.25) is 10.0 Å². The summed E-state index contributed by atoms with van der Waals surface area (Å²) in [5, 5.41) is 1.36. The van der Waals surface area contributed by atoms with Crippen molar-refractivity contribution in [3.8, 4) is 11.3 Å². The molecule has 1 aromatic carbocycles. The molecular formula is C17H12Cl2N4. The van der Waals surface area contributed by atoms with E-state index in [9.17, 15) is 0 Å². The number of halogens is 2. The SMILES string of the molecule is Clc1ccc(-c2nc3cc(Cl)ccn3c2Cc2ncc[nH]2)cc1. The molecule has 0 radical (unpaired) electrons. The number of nitrogens with zero attached hydrogens (tertiary/aromatic N) is 3. The molecule has 1 N–H and O–H groups in total. The van der Waals surface area contributed by atoms with Crippen LogP contribution in [-0.4, -0.2) is 19.4 Å². The Labute approximate surface area is 142 Å². The van der Waals surface area contributed by atoms with Crippen LogP contribution in [0.4, 0.5) is 0 Å². The molecule has 0 bridgehead atoms. The van der Waals surface area contributed by atoms with E-state index in [0.29, 0.717) is 16.5 Å². The Morgan fingerprint density at radius 3 is 2.61 bits per heavy atom. The number of fused-ring (bicyclic) bond motifs is 1. The van der Waals surface area contributed by atoms with Gasteiger partial charge in [0, 0.05) is 46.7 Å². The van der Waals surface area contributed by atoms with E-state index in [1.165, 1.54) is 0 Å². The molecule has 4 aromatic rings. The number of pyridine rings is 1. The van der Waals surface area contributed by atoms with E-state index in [2.05, 4.69) is 9.97 Å². The molecule has 0 saturated heterocycles. The molecule has 0 saturated carbocycles. The van der Waals surface area contributed by atoms with E-state index in [1.807, 2.05) is 53.2 Å². The van der Waals surface area contributed by atoms with Gasteiger partial charge < -0.3 is 9.38 Å². The molecule has 0 atom stereocenters. The van der Waals surface area contributed by atoms with Crippen molar-refractivity contribution in [2.24, 2.45) is 0 Å². The molecule has 4 nitrogen and oxygen atoms in total. The zero-order valence-electron chi connectivity index (χ0n) is 12.0. The Morgan fingerprint density at radius 2 is 1.87 bits per heavy atom. The summed E-state index contributed by atoms with van der Waals surface area (Å²) in [6, 6.07) is 11.4. The van der Waals surface area contributed by atoms with Crippen LogP contribution in [0.15, 0.2) is 55.0 Å². The van der Waals surface area contributed by atoms with Crippen molar-refractivity contribution < 1.29 is 0 Å². The summed E-state index contributed by atoms with van der Waals surface area (Å²) in [6.07, 6.45) is 6.14. The van der Waals surface area contributed by atoms with Crippen molar-refractivity contribution in [1.29, 1.82) is 0 Å². The van der Waals surface area contributed by atoms with Crippen molar-refractivity contribution >= 4 is 28.8 Å². The van der Waals surface area contributed by atoms with Gasteiger partial charge in [0.05, 0.1) is 11.4 Å². The predicted octanol–water partition coefficient (Wildman–Crippen LogP) is 4.62. The maximum atomic E-state index is 6.10. The predicted molar refractivity (Wildman–Crippen MR) is 92.0 cm³/mol. The number of nitrogens with one attached hydrogen (secondary N) is 1. The smallest absolute Gasteiger partial charge is 0.139 e. The van der Waals surface area contributed by atoms with Crippen LogP contribution in [0.1, 0.15) is 11.5 Å². The van der Waals surface area contributed by atoms with Crippen LogP contribution >= 0.6 is 23.2 Å². The monoisotopic (exact) mass is 342 g/mol. The highest BCUT2D eigenvalue weighted by molar-refractivity contribution is 6.31. The lowest BCUT2D eigenvalue weighted by Gasteiger charge is -2.04. The average molecular weight is 343 g/mol. The first-order valence-corrected chi connectivity index (χ1v) is 7.87. The van der Waals surface area contributed by atoms with Gasteiger partial charge in [0.15, 0.2) is 0 Å². The molecular weight excluding hydrogens is 331 g/mol. The van der Waals surface area contributed by atoms with Crippen LogP contribution in [0.3, 0.4) is 0 Å². The second kappa shape index (κ2) is 5.72. The third kappa shape index (κ3) is 2.71. The van der Waals surface area contributed by atoms with Gasteiger partial charge in [-0.25, -0.2) is 9.97 Å². The maximum Gasteiger partial charge on any atom is 0.139 e. The summed E-state index contributed by atoms with van der Waals surface area (Å²) in [7, 11) is 0. The molecule has 0 unspecified atom stereocenters. The van der Waals surface area contributed by atoms with Crippen molar-refractivity contribution in [1.82, 2.24) is 19.4 Å². The van der Waals surface area contributed by atoms with E-state index >= 15 is 0 Å². The molecule has 3 heterocycles. The molecule has 0 fully saturated rings. The highest BCUT2D eigenvalue weighted by atomic mass is 35.5. The second-order valence-corrected chi connectivity index (χ2v) is 6.07. The van der Waals surface area contributed by atoms with Crippen molar-refractivity contribution in [2.45, 2.75) is 6.42 Å². The number of aromatic nitrogens is 4. The van der Waals surface area contributed by atoms with Crippen molar-refractivity contribution in [2.75, 3.05) is 0 Å². The van der Waals surface area contributed by atoms with E-state index in [-0.39, 0.29) is 0 Å². The Balaban J connectivity index is 1.92. The van der Waals surface area contributed by atoms with Gasteiger partial charge in [-0.3, -0.25) is 0 Å². The summed E-state index contributed by atoms with van der Waals surface area (Å²) in [5.74, 6) is 0.886. The molecule has 114 valence electrons. The Hall–Kier alpha value is -2.30. The number of aromatic amines is 1. The molecule has 0 aliphatic heterocycles. The lowest BCUT2D eigenvalue weighted by atomic mass is 10.1. The highest BCUT2D eigenvalue weighted by Gasteiger charge is 2.15. The molecule has 0 aliphatic rings. The van der Waals surface area contributed by atoms with Gasteiger partial charge in [-0.2, -0.15) is 0 Å². The van der Waals surface area contributed by atoms with Crippen molar-refractivity contribution in [3.63, 3.8) is 0 Å². The van der Waals surface area contributed by atoms with Crippen LogP contribution in [0, 0.1) is 0 Å². The van der Waals surface area contributed by atoms with Gasteiger partial charge in [-0.1, -0.05) is 35.3 Å². The number of hydrogen-bond donors (Lipinski definition) is 1. The van der Waals surface area contributed by atoms with Gasteiger partial charge >= 0.3 is 0 Å². The number of imidazole rings is 2. The molecule has 3 aromatic heterocycles. The van der Waals surface area contributed by atoms with Crippen LogP contribution < -0.4 is 0 Å². The van der Waals surface area contributed by atoms with E-state index < -0.39 is 0 Å². The number of benzene rings is 1. The second-order valence-electron chi connectivity index (χ2n) is 5.20. The van der Waals surface area contributed by atoms with E-state index in [0.717, 1.165) is 28.4 Å². The molecule has 0 amide bonds. The number of hydrogen-bond acceptors (Lipinski definition) is 2. The summed E-state index contributed by atoms with van der Waals surface area (Å²) >= 11 is 12.1. The first-order valence-electron chi connectivity index (χ1n) is 7.11. The van der Waals surface area contributed by atoms with Crippen LogP contribution in [0.25, 0.3) is 16.9 Å². The molecule has 6 heteroatoms. The maximum absolute atomic E-state index is 6.10. The van der Waals surface area contributed by atoms with Crippen LogP contribution in [-0.2, 0) is 6.42 Å². The third-order valence-electron chi connectivity index (χ3n) is 3.69. The third-order valence-corrected chi connectivity index (χ3v) is 4.18. The minimum Gasteiger partial charge on any atom is -0.348 e. The van der Waals surface area contributed by atoms with Gasteiger partial charge in [0.25, 0.3) is 0 Å². The average Bonchev–Trinajstić information content (AvgIpc) is 3.17. The number of H-pyrrole nitrogens is 1. The summed E-state index contributed by atoms with van der Waals surface area (Å²) in [6.45, 7) is 0. The Morgan fingerprint density at radius 1 is 1.04 bits per heavy atom. The van der Waals surface area contributed by atoms with Crippen molar-refractivity contribution in [3.05, 3.63) is 76.6 Å². The largest absolute Gasteiger partial charge is 0.348 e. The fraction of sp³-hybridized carbons (Fsp3) is 0.0588. The standard InChI is InChI=1S/C17H12Cl2N4/c18-12-3-1-11(2-4-12)17-14(10-15-20-6-7-21-15)23-8-5-13(19)9-16(23)22-17/h1-9H,10H2,(H,20,21). The Bertz CT molecular complexity index is 956. The van der Waals surface area contributed by atoms with Crippen LogP contribution in [0.5, 0.6) is 0 Å². The highest BCUT2D eigenvalue weighted by Crippen LogP contribution is 2.28. The van der Waals surface area contributed by atoms with Gasteiger partial charge in [-0.05, 0) is 18.2 Å². The van der Waals surface area contributed by atoms with E-state index in [4.69, 9.17) is 28.2 Å². The van der Waals surface area contributed by atoms with Gasteiger partial charge in [0.2, 0.25) is 0 Å². The summed E-state index contributed by atoms with van der Waals surface area (Å²) < 4.78 is 2.04. The summed E-state index contributed by atoms with van der Waals surface area (Å²) in [5.41, 5.74) is 3.77. The fourth-order valence-electron chi connectivity index (χ4n) is 2.63. The van der Waals surface area contributed by atoms with Gasteiger partial charge in [0.1, 0.15) is 11.5 Å². The summed E-state index contributed by atoms with van der Waals surface area (Å²) in [4.78, 5) is 12.2. The molecule has 23 heavy (non-hydrogen) atoms. The first-order chi connectivity index (χ1) is 11.2. The molecule has 0 aliphatic carbocycles. The Kier molecular flexibility index (Phi) is 3.56. The zero-order valence-corrected chi connectivity index (χ0v) is 13.5. The lowest BCUT2D eigenvalue weighted by molar-refractivity contribution is 0.956. The molecule has 0 spiro atoms. The normalized spacial score (nSPS) is 11.2.